The highest BCUT2D eigenvalue weighted by atomic mass is 32.2. The van der Waals surface area contributed by atoms with Crippen LogP contribution in [0.1, 0.15) is 25.3 Å². The van der Waals surface area contributed by atoms with Crippen molar-refractivity contribution in [2.45, 2.75) is 31.6 Å². The number of rotatable bonds is 5. The van der Waals surface area contributed by atoms with Crippen LogP contribution in [0.5, 0.6) is 5.75 Å². The van der Waals surface area contributed by atoms with E-state index in [9.17, 15) is 4.79 Å². The van der Waals surface area contributed by atoms with Gasteiger partial charge in [-0.15, -0.1) is 0 Å². The Morgan fingerprint density at radius 1 is 1.36 bits per heavy atom. The third kappa shape index (κ3) is 4.88. The largest absolute Gasteiger partial charge is 0.497 e. The second kappa shape index (κ2) is 8.39. The van der Waals surface area contributed by atoms with Gasteiger partial charge in [0, 0.05) is 19.6 Å². The number of ether oxygens (including phenoxy) is 1. The zero-order valence-electron chi connectivity index (χ0n) is 13.0. The fraction of sp³-hybridized carbons (Fsp3) is 0.500. The molecule has 6 heteroatoms. The molecular formula is C16H22N2O2S2. The van der Waals surface area contributed by atoms with Gasteiger partial charge in [0.05, 0.1) is 12.4 Å². The molecule has 2 rings (SSSR count). The zero-order chi connectivity index (χ0) is 15.9. The van der Waals surface area contributed by atoms with Crippen LogP contribution in [0, 0.1) is 0 Å². The average Bonchev–Trinajstić information content (AvgIpc) is 3.07. The molecule has 1 aliphatic heterocycles. The van der Waals surface area contributed by atoms with Gasteiger partial charge in [-0.05, 0) is 37.5 Å². The molecule has 1 atom stereocenters. The highest BCUT2D eigenvalue weighted by Crippen LogP contribution is 2.20. The number of carbonyl (C=O) groups excluding carboxylic acids is 1. The lowest BCUT2D eigenvalue weighted by atomic mass is 10.2. The van der Waals surface area contributed by atoms with Gasteiger partial charge >= 0.3 is 0 Å². The summed E-state index contributed by atoms with van der Waals surface area (Å²) in [5.74, 6) is 0.831. The maximum atomic E-state index is 12.2. The molecule has 1 saturated heterocycles. The Morgan fingerprint density at radius 3 is 2.59 bits per heavy atom. The summed E-state index contributed by atoms with van der Waals surface area (Å²) in [7, 11) is 1.64. The van der Waals surface area contributed by atoms with Crippen molar-refractivity contribution in [3.8, 4) is 5.75 Å². The Morgan fingerprint density at radius 2 is 2.00 bits per heavy atom. The number of nitrogens with one attached hydrogen (secondary N) is 1. The van der Waals surface area contributed by atoms with Gasteiger partial charge in [0.15, 0.2) is 0 Å². The van der Waals surface area contributed by atoms with Crippen molar-refractivity contribution in [2.75, 3.05) is 20.2 Å². The predicted molar refractivity (Wildman–Crippen MR) is 95.3 cm³/mol. The quantitative estimate of drug-likeness (QED) is 0.836. The van der Waals surface area contributed by atoms with Gasteiger partial charge in [-0.25, -0.2) is 0 Å². The Kier molecular flexibility index (Phi) is 6.51. The number of hydrogen-bond acceptors (Lipinski definition) is 4. The maximum absolute atomic E-state index is 12.2. The van der Waals surface area contributed by atoms with Crippen LogP contribution in [0.2, 0.25) is 0 Å². The smallest absolute Gasteiger partial charge is 0.233 e. The molecule has 0 saturated carbocycles. The van der Waals surface area contributed by atoms with Gasteiger partial charge in [0.2, 0.25) is 5.91 Å². The lowest BCUT2D eigenvalue weighted by Crippen LogP contribution is -2.33. The third-order valence-electron chi connectivity index (χ3n) is 3.64. The molecule has 0 aliphatic carbocycles. The molecule has 1 amide bonds. The number of amides is 1. The molecule has 120 valence electrons. The molecular weight excluding hydrogens is 316 g/mol. The highest BCUT2D eigenvalue weighted by Gasteiger charge is 2.21. The standard InChI is InChI=1S/C16H22N2O2S2/c1-12(22-16(21)18-9-3-4-10-18)15(19)17-11-13-5-7-14(20-2)8-6-13/h5-8,12H,3-4,9-11H2,1-2H3,(H,17,19)/t12-/m1/s1. The van der Waals surface area contributed by atoms with Gasteiger partial charge in [0.25, 0.3) is 0 Å². The molecule has 1 aliphatic rings. The van der Waals surface area contributed by atoms with E-state index in [0.717, 1.165) is 28.7 Å². The van der Waals surface area contributed by atoms with Crippen molar-refractivity contribution in [3.05, 3.63) is 29.8 Å². The number of methoxy groups -OCH3 is 1. The molecule has 1 N–H and O–H groups in total. The topological polar surface area (TPSA) is 41.6 Å². The van der Waals surface area contributed by atoms with E-state index in [1.165, 1.54) is 24.6 Å². The summed E-state index contributed by atoms with van der Waals surface area (Å²) in [6.07, 6.45) is 2.39. The molecule has 4 nitrogen and oxygen atoms in total. The zero-order valence-corrected chi connectivity index (χ0v) is 14.6. The highest BCUT2D eigenvalue weighted by molar-refractivity contribution is 8.23. The van der Waals surface area contributed by atoms with Crippen molar-refractivity contribution in [2.24, 2.45) is 0 Å². The number of nitrogens with zero attached hydrogens (tertiary/aromatic N) is 1. The van der Waals surface area contributed by atoms with E-state index >= 15 is 0 Å². The van der Waals surface area contributed by atoms with Gasteiger partial charge in [-0.1, -0.05) is 36.1 Å². The Labute approximate surface area is 141 Å². The lowest BCUT2D eigenvalue weighted by Gasteiger charge is -2.20. The van der Waals surface area contributed by atoms with Gasteiger partial charge < -0.3 is 15.0 Å². The third-order valence-corrected chi connectivity index (χ3v) is 5.21. The van der Waals surface area contributed by atoms with Crippen LogP contribution in [0.25, 0.3) is 0 Å². The van der Waals surface area contributed by atoms with E-state index in [4.69, 9.17) is 17.0 Å². The predicted octanol–water partition coefficient (Wildman–Crippen LogP) is 2.81. The Bertz CT molecular complexity index is 513. The molecule has 1 heterocycles. The fourth-order valence-corrected chi connectivity index (χ4v) is 3.70. The molecule has 1 fully saturated rings. The minimum Gasteiger partial charge on any atom is -0.497 e. The molecule has 0 radical (unpaired) electrons. The van der Waals surface area contributed by atoms with Crippen molar-refractivity contribution < 1.29 is 9.53 Å². The second-order valence-corrected chi connectivity index (χ2v) is 7.26. The van der Waals surface area contributed by atoms with Crippen LogP contribution >= 0.6 is 24.0 Å². The van der Waals surface area contributed by atoms with Crippen LogP contribution in [0.4, 0.5) is 0 Å². The first-order valence-electron chi connectivity index (χ1n) is 7.46. The van der Waals surface area contributed by atoms with Crippen molar-refractivity contribution in [1.82, 2.24) is 10.2 Å². The van der Waals surface area contributed by atoms with Crippen molar-refractivity contribution in [3.63, 3.8) is 0 Å². The van der Waals surface area contributed by atoms with E-state index < -0.39 is 0 Å². The van der Waals surface area contributed by atoms with E-state index in [2.05, 4.69) is 10.2 Å². The SMILES string of the molecule is COc1ccc(CNC(=O)[C@@H](C)SC(=S)N2CCCC2)cc1. The summed E-state index contributed by atoms with van der Waals surface area (Å²) < 4.78 is 5.95. The van der Waals surface area contributed by atoms with Crippen molar-refractivity contribution in [1.29, 1.82) is 0 Å². The molecule has 22 heavy (non-hydrogen) atoms. The summed E-state index contributed by atoms with van der Waals surface area (Å²) >= 11 is 6.88. The van der Waals surface area contributed by atoms with Crippen LogP contribution in [0.15, 0.2) is 24.3 Å². The van der Waals surface area contributed by atoms with Crippen LogP contribution < -0.4 is 10.1 Å². The number of carbonyl (C=O) groups is 1. The summed E-state index contributed by atoms with van der Waals surface area (Å²) in [6.45, 7) is 4.46. The first kappa shape index (κ1) is 17.1. The summed E-state index contributed by atoms with van der Waals surface area (Å²) in [5, 5.41) is 2.78. The second-order valence-electron chi connectivity index (χ2n) is 5.29. The number of thioether (sulfide) groups is 1. The summed E-state index contributed by atoms with van der Waals surface area (Å²) in [4.78, 5) is 14.3. The first-order valence-corrected chi connectivity index (χ1v) is 8.75. The van der Waals surface area contributed by atoms with E-state index in [0.29, 0.717) is 6.54 Å². The lowest BCUT2D eigenvalue weighted by molar-refractivity contribution is -0.120. The molecule has 0 aromatic heterocycles. The Balaban J connectivity index is 1.76. The maximum Gasteiger partial charge on any atom is 0.233 e. The normalized spacial score (nSPS) is 15.5. The molecule has 0 spiro atoms. The first-order chi connectivity index (χ1) is 10.6. The molecule has 0 bridgehead atoms. The molecule has 1 aromatic rings. The molecule has 0 unspecified atom stereocenters. The van der Waals surface area contributed by atoms with E-state index in [-0.39, 0.29) is 11.2 Å². The number of hydrogen-bond donors (Lipinski definition) is 1. The number of thiocarbonyl (C=S) groups is 1. The van der Waals surface area contributed by atoms with Gasteiger partial charge in [-0.3, -0.25) is 4.79 Å². The monoisotopic (exact) mass is 338 g/mol. The minimum absolute atomic E-state index is 0.0161. The van der Waals surface area contributed by atoms with Crippen LogP contribution in [-0.2, 0) is 11.3 Å². The number of likely N-dealkylation sites (tertiary alicyclic amines) is 1. The van der Waals surface area contributed by atoms with Crippen LogP contribution in [0.3, 0.4) is 0 Å². The molecule has 1 aromatic carbocycles. The summed E-state index contributed by atoms with van der Waals surface area (Å²) in [6, 6.07) is 7.68. The summed E-state index contributed by atoms with van der Waals surface area (Å²) in [5.41, 5.74) is 1.05. The minimum atomic E-state index is -0.175. The Hall–Kier alpha value is -1.27. The van der Waals surface area contributed by atoms with Gasteiger partial charge in [0.1, 0.15) is 10.1 Å². The average molecular weight is 338 g/mol. The van der Waals surface area contributed by atoms with E-state index in [1.807, 2.05) is 31.2 Å². The van der Waals surface area contributed by atoms with Crippen LogP contribution in [-0.4, -0.2) is 40.6 Å². The van der Waals surface area contributed by atoms with Gasteiger partial charge in [-0.2, -0.15) is 0 Å². The number of benzene rings is 1. The fourth-order valence-electron chi connectivity index (χ4n) is 2.26. The van der Waals surface area contributed by atoms with E-state index in [1.54, 1.807) is 7.11 Å². The van der Waals surface area contributed by atoms with Crippen molar-refractivity contribution >= 4 is 34.2 Å².